The Balaban J connectivity index is 1.25. The number of carbonyl (C=O) groups is 2. The molecule has 0 N–H and O–H groups in total. The van der Waals surface area contributed by atoms with Crippen LogP contribution >= 0.6 is 0 Å². The average molecular weight is 639 g/mol. The number of likely N-dealkylation sites (tertiary alicyclic amines) is 1. The molecular weight excluding hydrogens is 597 g/mol. The maximum absolute atomic E-state index is 14.1. The molecule has 46 heavy (non-hydrogen) atoms. The summed E-state index contributed by atoms with van der Waals surface area (Å²) in [4.78, 5) is 31.4. The molecule has 7 nitrogen and oxygen atoms in total. The SMILES string of the molecule is CC(=O)O[C@@]12CC[C@@H](N(CC(C)C)C(=O)C=Cc3cccc(OC(F)(F)F)c3)[C@@H]3Oc4cccc5c4[C@@]31CCN(CC1CC1)[C@@H]2C5. The molecule has 0 radical (unpaired) electrons. The summed E-state index contributed by atoms with van der Waals surface area (Å²) in [6.45, 7) is 7.97. The van der Waals surface area contributed by atoms with Crippen molar-refractivity contribution in [2.24, 2.45) is 11.8 Å². The largest absolute Gasteiger partial charge is 0.573 e. The monoisotopic (exact) mass is 638 g/mol. The zero-order valence-corrected chi connectivity index (χ0v) is 26.5. The number of rotatable bonds is 9. The maximum atomic E-state index is 14.1. The zero-order chi connectivity index (χ0) is 32.4. The Morgan fingerprint density at radius 1 is 1.13 bits per heavy atom. The lowest BCUT2D eigenvalue weighted by Gasteiger charge is -2.65. The van der Waals surface area contributed by atoms with Crippen molar-refractivity contribution < 1.29 is 37.0 Å². The lowest BCUT2D eigenvalue weighted by atomic mass is 9.48. The van der Waals surface area contributed by atoms with Crippen LogP contribution in [0.1, 0.15) is 69.6 Å². The van der Waals surface area contributed by atoms with Gasteiger partial charge in [-0.25, -0.2) is 0 Å². The van der Waals surface area contributed by atoms with Crippen LogP contribution in [-0.2, 0) is 26.2 Å². The van der Waals surface area contributed by atoms with Gasteiger partial charge in [0.25, 0.3) is 0 Å². The van der Waals surface area contributed by atoms with Crippen LogP contribution in [0.2, 0.25) is 0 Å². The molecular formula is C36H41F3N2O5. The second-order valence-corrected chi connectivity index (χ2v) is 14.1. The minimum absolute atomic E-state index is 0.0268. The molecule has 0 aromatic heterocycles. The van der Waals surface area contributed by atoms with Crippen molar-refractivity contribution in [1.29, 1.82) is 0 Å². The number of nitrogens with zero attached hydrogens (tertiary/aromatic N) is 2. The number of hydrogen-bond acceptors (Lipinski definition) is 6. The number of ether oxygens (including phenoxy) is 3. The van der Waals surface area contributed by atoms with Crippen LogP contribution in [0.25, 0.3) is 6.08 Å². The summed E-state index contributed by atoms with van der Waals surface area (Å²) >= 11 is 0. The summed E-state index contributed by atoms with van der Waals surface area (Å²) in [5, 5.41) is 0. The molecule has 5 aliphatic rings. The Morgan fingerprint density at radius 3 is 2.63 bits per heavy atom. The fraction of sp³-hybridized carbons (Fsp3) is 0.556. The Kier molecular flexibility index (Phi) is 7.65. The molecule has 2 bridgehead atoms. The number of alkyl halides is 3. The Labute approximate surface area is 267 Å². The Morgan fingerprint density at radius 2 is 1.91 bits per heavy atom. The normalized spacial score (nSPS) is 29.8. The van der Waals surface area contributed by atoms with E-state index >= 15 is 0 Å². The molecule has 1 amide bonds. The molecule has 10 heteroatoms. The highest BCUT2D eigenvalue weighted by Gasteiger charge is 2.75. The molecule has 2 saturated carbocycles. The Hall–Kier alpha value is -3.53. The van der Waals surface area contributed by atoms with E-state index in [1.807, 2.05) is 17.0 Å². The predicted molar refractivity (Wildman–Crippen MR) is 165 cm³/mol. The quantitative estimate of drug-likeness (QED) is 0.238. The van der Waals surface area contributed by atoms with Crippen LogP contribution < -0.4 is 9.47 Å². The number of esters is 1. The predicted octanol–water partition coefficient (Wildman–Crippen LogP) is 6.29. The van der Waals surface area contributed by atoms with Gasteiger partial charge >= 0.3 is 12.3 Å². The first-order chi connectivity index (χ1) is 21.9. The third kappa shape index (κ3) is 5.26. The summed E-state index contributed by atoms with van der Waals surface area (Å²) < 4.78 is 56.0. The van der Waals surface area contributed by atoms with E-state index < -0.39 is 23.5 Å². The van der Waals surface area contributed by atoms with E-state index in [2.05, 4.69) is 29.6 Å². The molecule has 3 fully saturated rings. The van der Waals surface area contributed by atoms with E-state index in [9.17, 15) is 22.8 Å². The summed E-state index contributed by atoms with van der Waals surface area (Å²) in [7, 11) is 0. The molecule has 7 rings (SSSR count). The van der Waals surface area contributed by atoms with Gasteiger partial charge in [0, 0.05) is 31.7 Å². The van der Waals surface area contributed by atoms with Crippen molar-refractivity contribution in [3.63, 3.8) is 0 Å². The van der Waals surface area contributed by atoms with Gasteiger partial charge in [-0.05, 0) is 92.3 Å². The van der Waals surface area contributed by atoms with Gasteiger partial charge in [-0.15, -0.1) is 13.2 Å². The van der Waals surface area contributed by atoms with Gasteiger partial charge in [-0.2, -0.15) is 0 Å². The third-order valence-electron chi connectivity index (χ3n) is 10.7. The van der Waals surface area contributed by atoms with Crippen LogP contribution in [0.15, 0.2) is 48.5 Å². The smallest absolute Gasteiger partial charge is 0.487 e. The summed E-state index contributed by atoms with van der Waals surface area (Å²) in [6.07, 6.45) is 2.97. The highest BCUT2D eigenvalue weighted by atomic mass is 19.4. The molecule has 2 aromatic rings. The standard InChI is InChI=1S/C36H41F3N2O5/c1-22(2)20-41(31(43)13-12-24-6-4-8-27(18-24)46-36(37,38)39)28-14-15-35(45-23(3)42)30-19-26-7-5-9-29-32(26)34(35,33(28)44-29)16-17-40(30)21-25-10-11-25/h4-9,12-13,18,22,25,28,30,33H,10-11,14-17,19-21H2,1-3H3/t28-,30-,33+,34+,35-/m1/s1. The van der Waals surface area contributed by atoms with Crippen LogP contribution in [0.3, 0.4) is 0 Å². The van der Waals surface area contributed by atoms with Crippen molar-refractivity contribution >= 4 is 18.0 Å². The number of halogens is 3. The number of amides is 1. The number of benzene rings is 2. The first-order valence-corrected chi connectivity index (χ1v) is 16.5. The lowest BCUT2D eigenvalue weighted by molar-refractivity contribution is -0.274. The van der Waals surface area contributed by atoms with E-state index in [-0.39, 0.29) is 35.6 Å². The topological polar surface area (TPSA) is 68.3 Å². The second-order valence-electron chi connectivity index (χ2n) is 14.1. The minimum Gasteiger partial charge on any atom is -0.487 e. The van der Waals surface area contributed by atoms with Gasteiger partial charge in [0.05, 0.1) is 17.5 Å². The first-order valence-electron chi connectivity index (χ1n) is 16.5. The van der Waals surface area contributed by atoms with Gasteiger partial charge in [-0.3, -0.25) is 14.5 Å². The number of carbonyl (C=O) groups excluding carboxylic acids is 2. The molecule has 0 unspecified atom stereocenters. The van der Waals surface area contributed by atoms with Crippen molar-refractivity contribution in [2.75, 3.05) is 19.6 Å². The molecule has 246 valence electrons. The fourth-order valence-corrected chi connectivity index (χ4v) is 9.04. The molecule has 1 saturated heterocycles. The fourth-order valence-electron chi connectivity index (χ4n) is 9.04. The second kappa shape index (κ2) is 11.3. The molecule has 2 aliphatic heterocycles. The van der Waals surface area contributed by atoms with E-state index in [1.165, 1.54) is 55.7 Å². The Bertz CT molecular complexity index is 1550. The van der Waals surface area contributed by atoms with Crippen molar-refractivity contribution in [2.45, 2.75) is 94.9 Å². The van der Waals surface area contributed by atoms with E-state index in [0.717, 1.165) is 37.2 Å². The zero-order valence-electron chi connectivity index (χ0n) is 26.5. The molecule has 5 atom stereocenters. The van der Waals surface area contributed by atoms with E-state index in [0.29, 0.717) is 30.9 Å². The van der Waals surface area contributed by atoms with Crippen molar-refractivity contribution in [1.82, 2.24) is 9.80 Å². The van der Waals surface area contributed by atoms with Crippen LogP contribution in [0.4, 0.5) is 13.2 Å². The first kappa shape index (κ1) is 31.1. The van der Waals surface area contributed by atoms with E-state index in [4.69, 9.17) is 9.47 Å². The van der Waals surface area contributed by atoms with Gasteiger partial charge in [0.2, 0.25) is 5.91 Å². The molecule has 2 aromatic carbocycles. The molecule has 3 aliphatic carbocycles. The highest BCUT2D eigenvalue weighted by molar-refractivity contribution is 5.92. The van der Waals surface area contributed by atoms with Gasteiger partial charge in [-0.1, -0.05) is 38.1 Å². The van der Waals surface area contributed by atoms with Crippen LogP contribution in [-0.4, -0.2) is 71.5 Å². The number of piperidine rings is 1. The summed E-state index contributed by atoms with van der Waals surface area (Å²) in [5.74, 6) is 0.774. The molecule has 2 heterocycles. The number of hydrogen-bond donors (Lipinski definition) is 0. The minimum atomic E-state index is -4.81. The third-order valence-corrected chi connectivity index (χ3v) is 10.7. The van der Waals surface area contributed by atoms with Gasteiger partial charge < -0.3 is 19.1 Å². The lowest BCUT2D eigenvalue weighted by Crippen LogP contribution is -2.79. The maximum Gasteiger partial charge on any atom is 0.573 e. The van der Waals surface area contributed by atoms with Crippen LogP contribution in [0, 0.1) is 11.8 Å². The average Bonchev–Trinajstić information content (AvgIpc) is 3.73. The van der Waals surface area contributed by atoms with Crippen molar-refractivity contribution in [3.8, 4) is 11.5 Å². The summed E-state index contributed by atoms with van der Waals surface area (Å²) in [6, 6.07) is 11.5. The molecule has 1 spiro atoms. The van der Waals surface area contributed by atoms with Gasteiger partial charge in [0.1, 0.15) is 23.2 Å². The highest BCUT2D eigenvalue weighted by Crippen LogP contribution is 2.66. The van der Waals surface area contributed by atoms with Gasteiger partial charge in [0.15, 0.2) is 0 Å². The summed E-state index contributed by atoms with van der Waals surface area (Å²) in [5.41, 5.74) is 1.43. The van der Waals surface area contributed by atoms with Crippen molar-refractivity contribution in [3.05, 3.63) is 65.2 Å². The van der Waals surface area contributed by atoms with Crippen LogP contribution in [0.5, 0.6) is 11.5 Å². The van der Waals surface area contributed by atoms with E-state index in [1.54, 1.807) is 6.07 Å².